The zero-order chi connectivity index (χ0) is 19.9. The van der Waals surface area contributed by atoms with Crippen molar-refractivity contribution in [2.45, 2.75) is 12.7 Å². The number of rotatable bonds is 7. The Kier molecular flexibility index (Phi) is 6.04. The second kappa shape index (κ2) is 8.84. The minimum Gasteiger partial charge on any atom is -0.487 e. The number of ether oxygens (including phenoxy) is 2. The molecule has 1 heterocycles. The summed E-state index contributed by atoms with van der Waals surface area (Å²) < 4.78 is 11.3. The summed E-state index contributed by atoms with van der Waals surface area (Å²) >= 11 is 6.11. The van der Waals surface area contributed by atoms with Crippen LogP contribution in [0, 0.1) is 11.3 Å². The summed E-state index contributed by atoms with van der Waals surface area (Å²) in [5, 5.41) is 26.9. The Balaban J connectivity index is 1.86. The molecule has 140 valence electrons. The minimum atomic E-state index is -1.38. The molecular weight excluding hydrogens is 382 g/mol. The highest BCUT2D eigenvalue weighted by molar-refractivity contribution is 6.31. The molecule has 0 aliphatic carbocycles. The quantitative estimate of drug-likeness (QED) is 0.648. The lowest BCUT2D eigenvalue weighted by Crippen LogP contribution is -2.19. The van der Waals surface area contributed by atoms with Gasteiger partial charge in [0.2, 0.25) is 6.10 Å². The number of nitriles is 1. The van der Waals surface area contributed by atoms with Gasteiger partial charge in [-0.25, -0.2) is 4.79 Å². The average Bonchev–Trinajstić information content (AvgIpc) is 2.72. The van der Waals surface area contributed by atoms with Gasteiger partial charge in [0.1, 0.15) is 29.9 Å². The number of aliphatic carboxylic acids is 1. The molecule has 1 atom stereocenters. The molecule has 7 nitrogen and oxygen atoms in total. The van der Waals surface area contributed by atoms with Gasteiger partial charge in [-0.05, 0) is 30.3 Å². The normalized spacial score (nSPS) is 11.3. The highest BCUT2D eigenvalue weighted by atomic mass is 35.5. The van der Waals surface area contributed by atoms with E-state index in [4.69, 9.17) is 21.1 Å². The van der Waals surface area contributed by atoms with Gasteiger partial charge in [0.05, 0.1) is 5.56 Å². The number of aromatic nitrogens is 2. The van der Waals surface area contributed by atoms with Gasteiger partial charge in [0.15, 0.2) is 0 Å². The first-order valence-corrected chi connectivity index (χ1v) is 8.53. The molecule has 28 heavy (non-hydrogen) atoms. The van der Waals surface area contributed by atoms with Gasteiger partial charge in [0, 0.05) is 22.8 Å². The van der Waals surface area contributed by atoms with Gasteiger partial charge in [-0.1, -0.05) is 29.8 Å². The largest absolute Gasteiger partial charge is 0.487 e. The first-order valence-electron chi connectivity index (χ1n) is 8.16. The molecule has 0 aliphatic rings. The number of carboxylic acid groups (broad SMARTS) is 1. The molecule has 0 fully saturated rings. The molecule has 3 rings (SSSR count). The van der Waals surface area contributed by atoms with Gasteiger partial charge in [-0.2, -0.15) is 15.5 Å². The smallest absolute Gasteiger partial charge is 0.349 e. The van der Waals surface area contributed by atoms with Crippen LogP contribution in [0.25, 0.3) is 0 Å². The van der Waals surface area contributed by atoms with E-state index in [2.05, 4.69) is 10.2 Å². The standard InChI is InChI=1S/C20H14ClN3O4/c21-17-6-2-1-5-16(17)19(20(25)26)28-18-10-15(8-7-13(18)11-22)27-12-14-4-3-9-23-24-14/h1-10,19H,12H2,(H,25,26). The van der Waals surface area contributed by atoms with Crippen molar-refractivity contribution in [1.29, 1.82) is 5.26 Å². The summed E-state index contributed by atoms with van der Waals surface area (Å²) in [6, 6.07) is 16.5. The number of hydrogen-bond acceptors (Lipinski definition) is 6. The molecule has 8 heteroatoms. The van der Waals surface area contributed by atoms with Crippen LogP contribution in [0.1, 0.15) is 22.9 Å². The molecule has 1 unspecified atom stereocenters. The summed E-state index contributed by atoms with van der Waals surface area (Å²) in [6.07, 6.45) is 0.175. The van der Waals surface area contributed by atoms with Crippen molar-refractivity contribution in [3.8, 4) is 17.6 Å². The van der Waals surface area contributed by atoms with Crippen LogP contribution in [-0.4, -0.2) is 21.3 Å². The zero-order valence-electron chi connectivity index (χ0n) is 14.4. The van der Waals surface area contributed by atoms with E-state index in [1.165, 1.54) is 12.1 Å². The van der Waals surface area contributed by atoms with Crippen LogP contribution in [0.3, 0.4) is 0 Å². The van der Waals surface area contributed by atoms with Gasteiger partial charge in [-0.3, -0.25) is 0 Å². The van der Waals surface area contributed by atoms with Crippen LogP contribution < -0.4 is 9.47 Å². The first-order chi connectivity index (χ1) is 13.6. The van der Waals surface area contributed by atoms with Gasteiger partial charge in [0.25, 0.3) is 0 Å². The Morgan fingerprint density at radius 3 is 2.71 bits per heavy atom. The maximum Gasteiger partial charge on any atom is 0.349 e. The lowest BCUT2D eigenvalue weighted by Gasteiger charge is -2.18. The predicted molar refractivity (Wildman–Crippen MR) is 100.0 cm³/mol. The van der Waals surface area contributed by atoms with E-state index in [0.717, 1.165) is 0 Å². The van der Waals surface area contributed by atoms with Crippen molar-refractivity contribution >= 4 is 17.6 Å². The Morgan fingerprint density at radius 2 is 2.04 bits per heavy atom. The maximum atomic E-state index is 11.7. The van der Waals surface area contributed by atoms with Crippen LogP contribution in [0.2, 0.25) is 5.02 Å². The van der Waals surface area contributed by atoms with E-state index in [-0.39, 0.29) is 28.5 Å². The summed E-state index contributed by atoms with van der Waals surface area (Å²) in [7, 11) is 0. The third-order valence-corrected chi connectivity index (χ3v) is 4.09. The third kappa shape index (κ3) is 4.55. The second-order valence-electron chi connectivity index (χ2n) is 5.63. The van der Waals surface area contributed by atoms with Crippen LogP contribution in [0.5, 0.6) is 11.5 Å². The summed E-state index contributed by atoms with van der Waals surface area (Å²) in [5.74, 6) is -0.766. The SMILES string of the molecule is N#Cc1ccc(OCc2cccnn2)cc1OC(C(=O)O)c1ccccc1Cl. The average molecular weight is 396 g/mol. The maximum absolute atomic E-state index is 11.7. The Labute approximate surface area is 165 Å². The molecule has 0 radical (unpaired) electrons. The highest BCUT2D eigenvalue weighted by Gasteiger charge is 2.25. The number of nitrogens with zero attached hydrogens (tertiary/aromatic N) is 3. The summed E-state index contributed by atoms with van der Waals surface area (Å²) in [5.41, 5.74) is 1.07. The fourth-order valence-electron chi connectivity index (χ4n) is 2.41. The molecule has 0 saturated carbocycles. The number of hydrogen-bond donors (Lipinski definition) is 1. The third-order valence-electron chi connectivity index (χ3n) is 3.74. The summed E-state index contributed by atoms with van der Waals surface area (Å²) in [6.45, 7) is 0.159. The number of carboxylic acids is 1. The van der Waals surface area contributed by atoms with Crippen molar-refractivity contribution in [2.24, 2.45) is 0 Å². The molecule has 3 aromatic rings. The lowest BCUT2D eigenvalue weighted by molar-refractivity contribution is -0.145. The second-order valence-corrected chi connectivity index (χ2v) is 6.04. The van der Waals surface area contributed by atoms with Crippen molar-refractivity contribution in [2.75, 3.05) is 0 Å². The van der Waals surface area contributed by atoms with Crippen LogP contribution >= 0.6 is 11.6 Å². The molecular formula is C20H14ClN3O4. The zero-order valence-corrected chi connectivity index (χ0v) is 15.2. The molecule has 2 aromatic carbocycles. The van der Waals surface area contributed by atoms with E-state index in [1.807, 2.05) is 6.07 Å². The first kappa shape index (κ1) is 19.1. The van der Waals surface area contributed by atoms with Crippen molar-refractivity contribution < 1.29 is 19.4 Å². The van der Waals surface area contributed by atoms with Gasteiger partial charge >= 0.3 is 5.97 Å². The number of benzene rings is 2. The molecule has 0 aliphatic heterocycles. The monoisotopic (exact) mass is 395 g/mol. The summed E-state index contributed by atoms with van der Waals surface area (Å²) in [4.78, 5) is 11.7. The highest BCUT2D eigenvalue weighted by Crippen LogP contribution is 2.32. The lowest BCUT2D eigenvalue weighted by atomic mass is 10.1. The van der Waals surface area contributed by atoms with E-state index >= 15 is 0 Å². The molecule has 1 aromatic heterocycles. The van der Waals surface area contributed by atoms with E-state index < -0.39 is 12.1 Å². The molecule has 0 spiro atoms. The molecule has 0 amide bonds. The van der Waals surface area contributed by atoms with Crippen LogP contribution in [-0.2, 0) is 11.4 Å². The molecule has 1 N–H and O–H groups in total. The van der Waals surface area contributed by atoms with Crippen LogP contribution in [0.4, 0.5) is 0 Å². The van der Waals surface area contributed by atoms with E-state index in [0.29, 0.717) is 11.4 Å². The van der Waals surface area contributed by atoms with Crippen LogP contribution in [0.15, 0.2) is 60.8 Å². The molecule has 0 bridgehead atoms. The topological polar surface area (TPSA) is 105 Å². The Bertz CT molecular complexity index is 1020. The Morgan fingerprint density at radius 1 is 1.21 bits per heavy atom. The van der Waals surface area contributed by atoms with E-state index in [9.17, 15) is 15.2 Å². The minimum absolute atomic E-state index is 0.0754. The molecule has 0 saturated heterocycles. The number of carbonyl (C=O) groups is 1. The van der Waals surface area contributed by atoms with Crippen molar-refractivity contribution in [3.63, 3.8) is 0 Å². The fraction of sp³-hybridized carbons (Fsp3) is 0.100. The van der Waals surface area contributed by atoms with Gasteiger partial charge in [-0.15, -0.1) is 0 Å². The Hall–Kier alpha value is -3.63. The van der Waals surface area contributed by atoms with Crippen molar-refractivity contribution in [1.82, 2.24) is 10.2 Å². The van der Waals surface area contributed by atoms with E-state index in [1.54, 1.807) is 48.7 Å². The number of halogens is 1. The fourth-order valence-corrected chi connectivity index (χ4v) is 2.65. The van der Waals surface area contributed by atoms with Gasteiger partial charge < -0.3 is 14.6 Å². The van der Waals surface area contributed by atoms with Crippen molar-refractivity contribution in [3.05, 3.63) is 82.6 Å². The predicted octanol–water partition coefficient (Wildman–Crippen LogP) is 3.79.